The summed E-state index contributed by atoms with van der Waals surface area (Å²) in [6, 6.07) is 11.8. The Kier molecular flexibility index (Phi) is 7.40. The van der Waals surface area contributed by atoms with E-state index in [4.69, 9.17) is 16.3 Å². The average Bonchev–Trinajstić information content (AvgIpc) is 2.71. The van der Waals surface area contributed by atoms with Gasteiger partial charge in [-0.3, -0.25) is 4.79 Å². The third kappa shape index (κ3) is 5.87. The largest absolute Gasteiger partial charge is 0.493 e. The number of aryl methyl sites for hydroxylation is 2. The van der Waals surface area contributed by atoms with E-state index < -0.39 is 0 Å². The van der Waals surface area contributed by atoms with Crippen molar-refractivity contribution >= 4 is 28.9 Å². The molecule has 1 aliphatic rings. The lowest BCUT2D eigenvalue weighted by atomic mass is 10.1. The van der Waals surface area contributed by atoms with Gasteiger partial charge in [0, 0.05) is 5.02 Å². The van der Waals surface area contributed by atoms with Gasteiger partial charge in [0.2, 0.25) is 5.91 Å². The number of rotatable bonds is 7. The normalized spacial score (nSPS) is 14.7. The van der Waals surface area contributed by atoms with E-state index in [-0.39, 0.29) is 12.3 Å². The lowest BCUT2D eigenvalue weighted by Gasteiger charge is -2.34. The molecule has 1 fully saturated rings. The lowest BCUT2D eigenvalue weighted by Crippen LogP contribution is -3.14. The highest BCUT2D eigenvalue weighted by atomic mass is 35.5. The van der Waals surface area contributed by atoms with Crippen molar-refractivity contribution in [1.29, 1.82) is 0 Å². The average molecular weight is 417 g/mol. The molecule has 5 nitrogen and oxygen atoms in total. The number of hydrogen-bond donors (Lipinski definition) is 2. The molecular formula is C23H31ClN3O2+. The molecule has 2 N–H and O–H groups in total. The summed E-state index contributed by atoms with van der Waals surface area (Å²) in [5.41, 5.74) is 4.02. The molecule has 0 bridgehead atoms. The Morgan fingerprint density at radius 3 is 2.66 bits per heavy atom. The zero-order valence-corrected chi connectivity index (χ0v) is 18.3. The van der Waals surface area contributed by atoms with Crippen molar-refractivity contribution in [2.24, 2.45) is 0 Å². The van der Waals surface area contributed by atoms with Crippen LogP contribution in [0.3, 0.4) is 0 Å². The second-order valence-corrected chi connectivity index (χ2v) is 8.10. The molecule has 0 spiro atoms. The molecule has 1 saturated heterocycles. The van der Waals surface area contributed by atoms with Crippen molar-refractivity contribution in [1.82, 2.24) is 0 Å². The first-order valence-electron chi connectivity index (χ1n) is 10.3. The number of piperazine rings is 1. The van der Waals surface area contributed by atoms with Crippen LogP contribution in [0, 0.1) is 13.8 Å². The molecule has 1 amide bonds. The summed E-state index contributed by atoms with van der Waals surface area (Å²) in [4.78, 5) is 16.5. The van der Waals surface area contributed by atoms with Gasteiger partial charge < -0.3 is 19.9 Å². The van der Waals surface area contributed by atoms with E-state index >= 15 is 0 Å². The van der Waals surface area contributed by atoms with Crippen molar-refractivity contribution in [3.63, 3.8) is 0 Å². The van der Waals surface area contributed by atoms with Crippen LogP contribution >= 0.6 is 11.6 Å². The molecule has 2 aromatic rings. The van der Waals surface area contributed by atoms with Crippen LogP contribution in [-0.4, -0.2) is 45.2 Å². The van der Waals surface area contributed by atoms with Crippen LogP contribution in [0.25, 0.3) is 0 Å². The Balaban J connectivity index is 1.59. The molecule has 156 valence electrons. The maximum atomic E-state index is 12.5. The fourth-order valence-electron chi connectivity index (χ4n) is 3.63. The van der Waals surface area contributed by atoms with Crippen molar-refractivity contribution in [3.05, 3.63) is 52.5 Å². The fraction of sp³-hybridized carbons (Fsp3) is 0.435. The number of carbonyl (C=O) groups is 1. The first-order chi connectivity index (χ1) is 14.0. The minimum atomic E-state index is -0.0726. The lowest BCUT2D eigenvalue weighted by molar-refractivity contribution is -0.898. The number of likely N-dealkylation sites (N-methyl/N-ethyl adjacent to an activating group) is 1. The summed E-state index contributed by atoms with van der Waals surface area (Å²) < 4.78 is 5.82. The predicted octanol–water partition coefficient (Wildman–Crippen LogP) is 3.09. The van der Waals surface area contributed by atoms with Crippen LogP contribution in [0.5, 0.6) is 5.75 Å². The van der Waals surface area contributed by atoms with Gasteiger partial charge in [-0.05, 0) is 56.2 Å². The Morgan fingerprint density at radius 1 is 1.17 bits per heavy atom. The van der Waals surface area contributed by atoms with Gasteiger partial charge in [0.15, 0.2) is 0 Å². The number of carbonyl (C=O) groups excluding carboxylic acids is 1. The van der Waals surface area contributed by atoms with Crippen LogP contribution in [0.4, 0.5) is 11.4 Å². The fourth-order valence-corrected chi connectivity index (χ4v) is 3.80. The van der Waals surface area contributed by atoms with E-state index in [1.54, 1.807) is 4.90 Å². The van der Waals surface area contributed by atoms with Gasteiger partial charge in [-0.15, -0.1) is 0 Å². The molecule has 0 aromatic heterocycles. The maximum absolute atomic E-state index is 12.5. The van der Waals surface area contributed by atoms with Gasteiger partial charge in [0.05, 0.1) is 57.1 Å². The third-order valence-corrected chi connectivity index (χ3v) is 5.71. The summed E-state index contributed by atoms with van der Waals surface area (Å²) in [7, 11) is 0. The van der Waals surface area contributed by atoms with E-state index in [2.05, 4.69) is 23.2 Å². The highest BCUT2D eigenvalue weighted by Gasteiger charge is 2.21. The molecule has 0 radical (unpaired) electrons. The number of quaternary nitrogens is 1. The number of ether oxygens (including phenoxy) is 1. The molecule has 2 aromatic carbocycles. The van der Waals surface area contributed by atoms with Crippen molar-refractivity contribution in [3.8, 4) is 5.75 Å². The number of hydrogen-bond acceptors (Lipinski definition) is 3. The quantitative estimate of drug-likeness (QED) is 0.729. The van der Waals surface area contributed by atoms with Gasteiger partial charge in [0.1, 0.15) is 5.75 Å². The molecule has 0 unspecified atom stereocenters. The molecule has 1 heterocycles. The summed E-state index contributed by atoms with van der Waals surface area (Å²) in [5, 5.41) is 3.65. The van der Waals surface area contributed by atoms with Crippen molar-refractivity contribution in [2.45, 2.75) is 27.2 Å². The molecule has 3 rings (SSSR count). The summed E-state index contributed by atoms with van der Waals surface area (Å²) in [6.45, 7) is 11.9. The predicted molar refractivity (Wildman–Crippen MR) is 120 cm³/mol. The Morgan fingerprint density at radius 2 is 1.93 bits per heavy atom. The van der Waals surface area contributed by atoms with Gasteiger partial charge >= 0.3 is 0 Å². The monoisotopic (exact) mass is 416 g/mol. The molecular weight excluding hydrogens is 386 g/mol. The molecule has 6 heteroatoms. The summed E-state index contributed by atoms with van der Waals surface area (Å²) >= 11 is 6.20. The Bertz CT molecular complexity index is 848. The van der Waals surface area contributed by atoms with Crippen LogP contribution in [0.2, 0.25) is 5.02 Å². The first-order valence-corrected chi connectivity index (χ1v) is 10.7. The Labute approximate surface area is 178 Å². The van der Waals surface area contributed by atoms with Gasteiger partial charge in [-0.1, -0.05) is 23.7 Å². The summed E-state index contributed by atoms with van der Waals surface area (Å²) in [5.74, 6) is 0.759. The van der Waals surface area contributed by atoms with Crippen LogP contribution in [0.15, 0.2) is 36.4 Å². The van der Waals surface area contributed by atoms with E-state index in [0.717, 1.165) is 61.0 Å². The molecule has 0 saturated carbocycles. The SMILES string of the molecule is CC[NH+]1CCN(c2ccc(Cl)cc2NC(=O)CCOc2cc(C)ccc2C)CC1. The maximum Gasteiger partial charge on any atom is 0.227 e. The van der Waals surface area contributed by atoms with E-state index in [1.807, 2.05) is 44.2 Å². The second kappa shape index (κ2) is 9.99. The molecule has 1 aliphatic heterocycles. The molecule has 0 atom stereocenters. The van der Waals surface area contributed by atoms with Crippen molar-refractivity contribution in [2.75, 3.05) is 49.5 Å². The number of halogens is 1. The molecule has 0 aliphatic carbocycles. The number of benzene rings is 2. The minimum absolute atomic E-state index is 0.0726. The Hall–Kier alpha value is -2.24. The highest BCUT2D eigenvalue weighted by molar-refractivity contribution is 6.31. The van der Waals surface area contributed by atoms with E-state index in [9.17, 15) is 4.79 Å². The van der Waals surface area contributed by atoms with Gasteiger partial charge in [-0.2, -0.15) is 0 Å². The zero-order valence-electron chi connectivity index (χ0n) is 17.6. The van der Waals surface area contributed by atoms with Crippen LogP contribution in [-0.2, 0) is 4.79 Å². The first kappa shape index (κ1) is 21.5. The highest BCUT2D eigenvalue weighted by Crippen LogP contribution is 2.29. The topological polar surface area (TPSA) is 46.0 Å². The van der Waals surface area contributed by atoms with Crippen LogP contribution < -0.4 is 19.9 Å². The zero-order chi connectivity index (χ0) is 20.8. The van der Waals surface area contributed by atoms with Crippen molar-refractivity contribution < 1.29 is 14.4 Å². The van der Waals surface area contributed by atoms with Crippen LogP contribution in [0.1, 0.15) is 24.5 Å². The second-order valence-electron chi connectivity index (χ2n) is 7.67. The number of nitrogens with zero attached hydrogens (tertiary/aromatic N) is 1. The number of anilines is 2. The number of amides is 1. The van der Waals surface area contributed by atoms with Gasteiger partial charge in [0.25, 0.3) is 0 Å². The van der Waals surface area contributed by atoms with E-state index in [0.29, 0.717) is 11.6 Å². The summed E-state index contributed by atoms with van der Waals surface area (Å²) in [6.07, 6.45) is 0.285. The smallest absolute Gasteiger partial charge is 0.227 e. The van der Waals surface area contributed by atoms with Gasteiger partial charge in [-0.25, -0.2) is 0 Å². The number of nitrogens with one attached hydrogen (secondary N) is 2. The standard InChI is InChI=1S/C23H30ClN3O2/c1-4-26-10-12-27(13-11-26)21-8-7-19(24)16-20(21)25-23(28)9-14-29-22-15-17(2)5-6-18(22)3/h5-8,15-16H,4,9-14H2,1-3H3,(H,25,28)/p+1. The third-order valence-electron chi connectivity index (χ3n) is 5.47. The van der Waals surface area contributed by atoms with E-state index in [1.165, 1.54) is 0 Å². The minimum Gasteiger partial charge on any atom is -0.493 e. The molecule has 29 heavy (non-hydrogen) atoms.